The van der Waals surface area contributed by atoms with Crippen LogP contribution in [-0.4, -0.2) is 41.1 Å². The molecule has 1 aliphatic heterocycles. The Morgan fingerprint density at radius 2 is 1.86 bits per heavy atom. The van der Waals surface area contributed by atoms with Crippen molar-refractivity contribution in [3.8, 4) is 11.3 Å². The van der Waals surface area contributed by atoms with Crippen LogP contribution in [0.1, 0.15) is 56.5 Å². The molecule has 1 saturated heterocycles. The molecule has 0 radical (unpaired) electrons. The number of carbonyl (C=O) groups is 1. The first kappa shape index (κ1) is 19.4. The summed E-state index contributed by atoms with van der Waals surface area (Å²) < 4.78 is 0. The molecule has 150 valence electrons. The van der Waals surface area contributed by atoms with E-state index >= 15 is 0 Å². The van der Waals surface area contributed by atoms with Crippen LogP contribution in [0.2, 0.25) is 0 Å². The number of nitrogens with one attached hydrogen (secondary N) is 2. The Kier molecular flexibility index (Phi) is 6.27. The van der Waals surface area contributed by atoms with E-state index in [2.05, 4.69) is 33.0 Å². The fourth-order valence-electron chi connectivity index (χ4n) is 4.39. The van der Waals surface area contributed by atoms with Crippen molar-refractivity contribution in [2.45, 2.75) is 63.6 Å². The van der Waals surface area contributed by atoms with E-state index in [4.69, 9.17) is 4.98 Å². The van der Waals surface area contributed by atoms with Gasteiger partial charge in [-0.15, -0.1) is 11.3 Å². The summed E-state index contributed by atoms with van der Waals surface area (Å²) in [5, 5.41) is 9.22. The minimum Gasteiger partial charge on any atom is -0.335 e. The average Bonchev–Trinajstić information content (AvgIpc) is 3.41. The Labute approximate surface area is 171 Å². The first-order chi connectivity index (χ1) is 13.7. The van der Waals surface area contributed by atoms with Crippen molar-refractivity contribution in [3.05, 3.63) is 40.7 Å². The molecule has 2 N–H and O–H groups in total. The Morgan fingerprint density at radius 1 is 1.14 bits per heavy atom. The number of nitrogens with zero attached hydrogens (tertiary/aromatic N) is 2. The zero-order valence-corrected chi connectivity index (χ0v) is 17.4. The number of benzene rings is 1. The van der Waals surface area contributed by atoms with E-state index in [-0.39, 0.29) is 18.1 Å². The van der Waals surface area contributed by atoms with Gasteiger partial charge in [-0.25, -0.2) is 9.78 Å². The first-order valence-electron chi connectivity index (χ1n) is 10.5. The van der Waals surface area contributed by atoms with Gasteiger partial charge in [-0.3, -0.25) is 0 Å². The summed E-state index contributed by atoms with van der Waals surface area (Å²) in [5.74, 6) is 0. The number of rotatable bonds is 5. The van der Waals surface area contributed by atoms with Crippen LogP contribution in [0.5, 0.6) is 0 Å². The fourth-order valence-corrected chi connectivity index (χ4v) is 5.23. The molecule has 1 aliphatic carbocycles. The molecule has 5 nitrogen and oxygen atoms in total. The van der Waals surface area contributed by atoms with Crippen LogP contribution >= 0.6 is 11.3 Å². The van der Waals surface area contributed by atoms with Crippen LogP contribution in [0.4, 0.5) is 4.79 Å². The van der Waals surface area contributed by atoms with Crippen molar-refractivity contribution in [3.63, 3.8) is 0 Å². The number of likely N-dealkylation sites (tertiary alicyclic amines) is 1. The van der Waals surface area contributed by atoms with Gasteiger partial charge in [0.05, 0.1) is 11.7 Å². The summed E-state index contributed by atoms with van der Waals surface area (Å²) >= 11 is 1.59. The first-order valence-corrected chi connectivity index (χ1v) is 11.4. The molecule has 2 aromatic rings. The van der Waals surface area contributed by atoms with Gasteiger partial charge in [-0.2, -0.15) is 0 Å². The molecular formula is C22H30N4OS. The van der Waals surface area contributed by atoms with Gasteiger partial charge in [0.2, 0.25) is 0 Å². The second-order valence-corrected chi connectivity index (χ2v) is 8.91. The molecule has 2 fully saturated rings. The van der Waals surface area contributed by atoms with Gasteiger partial charge in [-0.1, -0.05) is 43.2 Å². The SMILES string of the molecule is CC(NC(=O)NC1CCN(C2CCCC2)CC1)c1nc(-c2ccccc2)cs1. The van der Waals surface area contributed by atoms with E-state index in [1.54, 1.807) is 11.3 Å². The molecule has 0 spiro atoms. The smallest absolute Gasteiger partial charge is 0.315 e. The van der Waals surface area contributed by atoms with E-state index in [9.17, 15) is 4.79 Å². The maximum Gasteiger partial charge on any atom is 0.315 e. The Balaban J connectivity index is 1.24. The molecule has 1 aromatic heterocycles. The fraction of sp³-hybridized carbons (Fsp3) is 0.545. The highest BCUT2D eigenvalue weighted by Gasteiger charge is 2.27. The van der Waals surface area contributed by atoms with Gasteiger partial charge in [0.25, 0.3) is 0 Å². The number of hydrogen-bond donors (Lipinski definition) is 2. The molecule has 1 aromatic carbocycles. The van der Waals surface area contributed by atoms with Crippen LogP contribution in [0.15, 0.2) is 35.7 Å². The minimum absolute atomic E-state index is 0.0803. The molecule has 1 atom stereocenters. The molecule has 6 heteroatoms. The van der Waals surface area contributed by atoms with Crippen molar-refractivity contribution >= 4 is 17.4 Å². The van der Waals surface area contributed by atoms with Gasteiger partial charge in [-0.05, 0) is 32.6 Å². The lowest BCUT2D eigenvalue weighted by atomic mass is 10.0. The molecule has 1 unspecified atom stereocenters. The monoisotopic (exact) mass is 398 g/mol. The number of urea groups is 1. The van der Waals surface area contributed by atoms with Crippen molar-refractivity contribution in [2.75, 3.05) is 13.1 Å². The molecule has 1 saturated carbocycles. The number of carbonyl (C=O) groups excluding carboxylic acids is 1. The van der Waals surface area contributed by atoms with Gasteiger partial charge in [0.1, 0.15) is 5.01 Å². The molecule has 4 rings (SSSR count). The van der Waals surface area contributed by atoms with E-state index in [0.717, 1.165) is 48.2 Å². The maximum atomic E-state index is 12.5. The number of amides is 2. The van der Waals surface area contributed by atoms with Crippen molar-refractivity contribution in [2.24, 2.45) is 0 Å². The van der Waals surface area contributed by atoms with Crippen molar-refractivity contribution in [1.82, 2.24) is 20.5 Å². The maximum absolute atomic E-state index is 12.5. The van der Waals surface area contributed by atoms with E-state index < -0.39 is 0 Å². The summed E-state index contributed by atoms with van der Waals surface area (Å²) in [6.45, 7) is 4.21. The van der Waals surface area contributed by atoms with Gasteiger partial charge in [0, 0.05) is 36.1 Å². The summed E-state index contributed by atoms with van der Waals surface area (Å²) in [4.78, 5) is 19.8. The molecule has 2 aliphatic rings. The summed E-state index contributed by atoms with van der Waals surface area (Å²) in [6, 6.07) is 11.0. The van der Waals surface area contributed by atoms with Crippen molar-refractivity contribution in [1.29, 1.82) is 0 Å². The second kappa shape index (κ2) is 9.05. The standard InChI is InChI=1S/C22H30N4OS/c1-16(21-25-20(15-28-21)17-7-3-2-4-8-17)23-22(27)24-18-11-13-26(14-12-18)19-9-5-6-10-19/h2-4,7-8,15-16,18-19H,5-6,9-14H2,1H3,(H2,23,24,27). The van der Waals surface area contributed by atoms with Crippen LogP contribution in [0, 0.1) is 0 Å². The average molecular weight is 399 g/mol. The molecule has 2 heterocycles. The van der Waals surface area contributed by atoms with Gasteiger partial charge < -0.3 is 15.5 Å². The predicted molar refractivity (Wildman–Crippen MR) is 114 cm³/mol. The Hall–Kier alpha value is -1.92. The van der Waals surface area contributed by atoms with Gasteiger partial charge in [0.15, 0.2) is 0 Å². The van der Waals surface area contributed by atoms with E-state index in [1.165, 1.54) is 25.7 Å². The highest BCUT2D eigenvalue weighted by Crippen LogP contribution is 2.27. The van der Waals surface area contributed by atoms with Crippen LogP contribution in [0.3, 0.4) is 0 Å². The number of hydrogen-bond acceptors (Lipinski definition) is 4. The molecule has 0 bridgehead atoms. The topological polar surface area (TPSA) is 57.3 Å². The third-order valence-corrected chi connectivity index (χ3v) is 7.04. The Morgan fingerprint density at radius 3 is 2.57 bits per heavy atom. The second-order valence-electron chi connectivity index (χ2n) is 8.03. The van der Waals surface area contributed by atoms with E-state index in [0.29, 0.717) is 0 Å². The quantitative estimate of drug-likeness (QED) is 0.775. The molecule has 28 heavy (non-hydrogen) atoms. The Bertz CT molecular complexity index is 764. The summed E-state index contributed by atoms with van der Waals surface area (Å²) in [5.41, 5.74) is 2.07. The number of thiazole rings is 1. The molecular weight excluding hydrogens is 368 g/mol. The van der Waals surface area contributed by atoms with E-state index in [1.807, 2.05) is 25.1 Å². The third-order valence-electron chi connectivity index (χ3n) is 6.02. The van der Waals surface area contributed by atoms with Crippen LogP contribution < -0.4 is 10.6 Å². The van der Waals surface area contributed by atoms with Crippen LogP contribution in [0.25, 0.3) is 11.3 Å². The highest BCUT2D eigenvalue weighted by atomic mass is 32.1. The lowest BCUT2D eigenvalue weighted by Gasteiger charge is -2.36. The molecule has 2 amide bonds. The lowest BCUT2D eigenvalue weighted by Crippen LogP contribution is -2.50. The lowest BCUT2D eigenvalue weighted by molar-refractivity contribution is 0.145. The number of aromatic nitrogens is 1. The van der Waals surface area contributed by atoms with Gasteiger partial charge >= 0.3 is 6.03 Å². The minimum atomic E-state index is -0.0963. The summed E-state index contributed by atoms with van der Waals surface area (Å²) in [6.07, 6.45) is 7.57. The summed E-state index contributed by atoms with van der Waals surface area (Å²) in [7, 11) is 0. The largest absolute Gasteiger partial charge is 0.335 e. The highest BCUT2D eigenvalue weighted by molar-refractivity contribution is 7.10. The van der Waals surface area contributed by atoms with Crippen molar-refractivity contribution < 1.29 is 4.79 Å². The van der Waals surface area contributed by atoms with Crippen LogP contribution in [-0.2, 0) is 0 Å². The third kappa shape index (κ3) is 4.73. The zero-order chi connectivity index (χ0) is 19.3. The normalized spacial score (nSPS) is 20.2. The predicted octanol–water partition coefficient (Wildman–Crippen LogP) is 4.58. The number of piperidine rings is 1. The zero-order valence-electron chi connectivity index (χ0n) is 16.6.